The predicted molar refractivity (Wildman–Crippen MR) is 103 cm³/mol. The van der Waals surface area contributed by atoms with Gasteiger partial charge in [-0.2, -0.15) is 5.10 Å². The summed E-state index contributed by atoms with van der Waals surface area (Å²) in [5, 5.41) is 14.2. The van der Waals surface area contributed by atoms with Crippen LogP contribution in [0.2, 0.25) is 5.02 Å². The van der Waals surface area contributed by atoms with Crippen molar-refractivity contribution in [1.29, 1.82) is 0 Å². The van der Waals surface area contributed by atoms with E-state index >= 15 is 0 Å². The average Bonchev–Trinajstić information content (AvgIpc) is 3.34. The molecule has 140 valence electrons. The highest BCUT2D eigenvalue weighted by Crippen LogP contribution is 2.18. The summed E-state index contributed by atoms with van der Waals surface area (Å²) in [7, 11) is 0. The minimum absolute atomic E-state index is 0.178. The van der Waals surface area contributed by atoms with Crippen molar-refractivity contribution in [3.05, 3.63) is 83.0 Å². The van der Waals surface area contributed by atoms with E-state index in [1.807, 2.05) is 12.1 Å². The Morgan fingerprint density at radius 1 is 1.14 bits per heavy atom. The summed E-state index contributed by atoms with van der Waals surface area (Å²) in [5.41, 5.74) is 2.48. The Balaban J connectivity index is 1.42. The first-order chi connectivity index (χ1) is 13.6. The van der Waals surface area contributed by atoms with Crippen molar-refractivity contribution in [1.82, 2.24) is 25.0 Å². The first-order valence-corrected chi connectivity index (χ1v) is 8.71. The summed E-state index contributed by atoms with van der Waals surface area (Å²) < 4.78 is 14.6. The second-order valence-corrected chi connectivity index (χ2v) is 6.46. The summed E-state index contributed by atoms with van der Waals surface area (Å²) >= 11 is 5.88. The molecule has 0 aliphatic carbocycles. The van der Waals surface area contributed by atoms with Crippen LogP contribution < -0.4 is 5.32 Å². The number of hydrogen-bond acceptors (Lipinski definition) is 4. The zero-order valence-electron chi connectivity index (χ0n) is 14.4. The molecule has 4 rings (SSSR count). The van der Waals surface area contributed by atoms with Crippen LogP contribution in [0.1, 0.15) is 16.1 Å². The van der Waals surface area contributed by atoms with Crippen molar-refractivity contribution in [2.24, 2.45) is 0 Å². The van der Waals surface area contributed by atoms with E-state index in [2.05, 4.69) is 25.6 Å². The molecular formula is C19H14ClFN6O. The Kier molecular flexibility index (Phi) is 4.86. The lowest BCUT2D eigenvalue weighted by Crippen LogP contribution is -2.14. The molecular weight excluding hydrogens is 383 g/mol. The Bertz CT molecular complexity index is 1100. The van der Waals surface area contributed by atoms with Gasteiger partial charge in [-0.15, -0.1) is 5.10 Å². The predicted octanol–water partition coefficient (Wildman–Crippen LogP) is 3.76. The number of nitrogens with one attached hydrogen (secondary N) is 2. The van der Waals surface area contributed by atoms with Crippen LogP contribution in [0.25, 0.3) is 11.3 Å². The molecule has 0 radical (unpaired) electrons. The molecule has 2 aromatic heterocycles. The highest BCUT2D eigenvalue weighted by molar-refractivity contribution is 6.30. The Morgan fingerprint density at radius 3 is 2.64 bits per heavy atom. The first kappa shape index (κ1) is 17.9. The number of rotatable bonds is 5. The number of halogens is 2. The standard InChI is InChI=1S/C19H14ClFN6O/c20-14-5-1-12(2-6-14)10-27-11-22-19(26-27)23-18(28)17-9-16(24-25-17)13-3-7-15(21)8-4-13/h1-9,11H,10H2,(H,24,25)(H,23,26,28). The minimum Gasteiger partial charge on any atom is -0.288 e. The maximum atomic E-state index is 13.0. The molecule has 9 heteroatoms. The number of aromatic nitrogens is 5. The van der Waals surface area contributed by atoms with Gasteiger partial charge in [-0.05, 0) is 48.0 Å². The fraction of sp³-hybridized carbons (Fsp3) is 0.0526. The van der Waals surface area contributed by atoms with Gasteiger partial charge in [0.15, 0.2) is 0 Å². The van der Waals surface area contributed by atoms with Crippen LogP contribution in [0.5, 0.6) is 0 Å². The zero-order valence-corrected chi connectivity index (χ0v) is 15.2. The number of hydrogen-bond donors (Lipinski definition) is 2. The third-order valence-corrected chi connectivity index (χ3v) is 4.23. The summed E-state index contributed by atoms with van der Waals surface area (Å²) in [5.74, 6) is -0.584. The van der Waals surface area contributed by atoms with Gasteiger partial charge in [0.25, 0.3) is 5.91 Å². The molecule has 0 saturated heterocycles. The maximum Gasteiger partial charge on any atom is 0.276 e. The number of aromatic amines is 1. The van der Waals surface area contributed by atoms with Crippen LogP contribution in [0.3, 0.4) is 0 Å². The lowest BCUT2D eigenvalue weighted by molar-refractivity contribution is 0.102. The van der Waals surface area contributed by atoms with Gasteiger partial charge in [-0.1, -0.05) is 23.7 Å². The van der Waals surface area contributed by atoms with Gasteiger partial charge in [-0.25, -0.2) is 14.1 Å². The number of anilines is 1. The number of carbonyl (C=O) groups excluding carboxylic acids is 1. The van der Waals surface area contributed by atoms with Crippen LogP contribution >= 0.6 is 11.6 Å². The monoisotopic (exact) mass is 396 g/mol. The maximum absolute atomic E-state index is 13.0. The third-order valence-electron chi connectivity index (χ3n) is 3.98. The molecule has 0 aliphatic rings. The summed E-state index contributed by atoms with van der Waals surface area (Å²) in [6, 6.07) is 14.8. The van der Waals surface area contributed by atoms with Crippen LogP contribution in [-0.4, -0.2) is 30.9 Å². The largest absolute Gasteiger partial charge is 0.288 e. The molecule has 7 nitrogen and oxygen atoms in total. The van der Waals surface area contributed by atoms with Crippen LogP contribution in [0.15, 0.2) is 60.9 Å². The third kappa shape index (κ3) is 4.07. The minimum atomic E-state index is -0.426. The van der Waals surface area contributed by atoms with E-state index in [-0.39, 0.29) is 17.5 Å². The quantitative estimate of drug-likeness (QED) is 0.537. The molecule has 1 amide bonds. The lowest BCUT2D eigenvalue weighted by atomic mass is 10.1. The number of nitrogens with zero attached hydrogens (tertiary/aromatic N) is 4. The molecule has 0 bridgehead atoms. The fourth-order valence-corrected chi connectivity index (χ4v) is 2.71. The molecule has 0 spiro atoms. The van der Waals surface area contributed by atoms with Gasteiger partial charge < -0.3 is 0 Å². The molecule has 0 saturated carbocycles. The van der Waals surface area contributed by atoms with E-state index in [4.69, 9.17) is 11.6 Å². The molecule has 2 N–H and O–H groups in total. The summed E-state index contributed by atoms with van der Waals surface area (Å²) in [6.45, 7) is 0.499. The van der Waals surface area contributed by atoms with Crippen LogP contribution in [-0.2, 0) is 6.54 Å². The SMILES string of the molecule is O=C(Nc1ncn(Cc2ccc(Cl)cc2)n1)c1cc(-c2ccc(F)cc2)n[nH]1. The van der Waals surface area contributed by atoms with Gasteiger partial charge in [0.2, 0.25) is 5.95 Å². The van der Waals surface area contributed by atoms with Crippen LogP contribution in [0.4, 0.5) is 10.3 Å². The molecule has 0 atom stereocenters. The van der Waals surface area contributed by atoms with E-state index in [1.165, 1.54) is 18.5 Å². The number of carbonyl (C=O) groups is 1. The number of benzene rings is 2. The number of amides is 1. The van der Waals surface area contributed by atoms with E-state index < -0.39 is 5.91 Å². The fourth-order valence-electron chi connectivity index (χ4n) is 2.58. The molecule has 2 heterocycles. The van der Waals surface area contributed by atoms with Crippen molar-refractivity contribution >= 4 is 23.5 Å². The van der Waals surface area contributed by atoms with Crippen LogP contribution in [0, 0.1) is 5.82 Å². The van der Waals surface area contributed by atoms with Gasteiger partial charge in [0.05, 0.1) is 12.2 Å². The van der Waals surface area contributed by atoms with Crippen molar-refractivity contribution in [3.8, 4) is 11.3 Å². The smallest absolute Gasteiger partial charge is 0.276 e. The van der Waals surface area contributed by atoms with Crippen molar-refractivity contribution in [3.63, 3.8) is 0 Å². The van der Waals surface area contributed by atoms with Crippen molar-refractivity contribution in [2.45, 2.75) is 6.54 Å². The molecule has 0 aliphatic heterocycles. The van der Waals surface area contributed by atoms with Gasteiger partial charge in [0, 0.05) is 10.6 Å². The van der Waals surface area contributed by atoms with Gasteiger partial charge in [0.1, 0.15) is 17.8 Å². The second kappa shape index (κ2) is 7.61. The Hall–Kier alpha value is -3.52. The molecule has 28 heavy (non-hydrogen) atoms. The van der Waals surface area contributed by atoms with Crippen molar-refractivity contribution in [2.75, 3.05) is 5.32 Å². The topological polar surface area (TPSA) is 88.5 Å². The normalized spacial score (nSPS) is 10.8. The van der Waals surface area contributed by atoms with Gasteiger partial charge in [-0.3, -0.25) is 15.2 Å². The average molecular weight is 397 g/mol. The highest BCUT2D eigenvalue weighted by atomic mass is 35.5. The lowest BCUT2D eigenvalue weighted by Gasteiger charge is -2.01. The summed E-state index contributed by atoms with van der Waals surface area (Å²) in [4.78, 5) is 16.5. The molecule has 0 unspecified atom stereocenters. The Labute approximate surface area is 164 Å². The zero-order chi connectivity index (χ0) is 19.5. The first-order valence-electron chi connectivity index (χ1n) is 8.33. The Morgan fingerprint density at radius 2 is 1.89 bits per heavy atom. The summed E-state index contributed by atoms with van der Waals surface area (Å²) in [6.07, 6.45) is 1.53. The molecule has 4 aromatic rings. The van der Waals surface area contributed by atoms with E-state index in [0.29, 0.717) is 22.8 Å². The highest BCUT2D eigenvalue weighted by Gasteiger charge is 2.13. The molecule has 0 fully saturated rings. The van der Waals surface area contributed by atoms with Gasteiger partial charge >= 0.3 is 0 Å². The second-order valence-electron chi connectivity index (χ2n) is 6.02. The van der Waals surface area contributed by atoms with E-state index in [9.17, 15) is 9.18 Å². The van der Waals surface area contributed by atoms with Crippen molar-refractivity contribution < 1.29 is 9.18 Å². The van der Waals surface area contributed by atoms with E-state index in [1.54, 1.807) is 35.0 Å². The molecule has 2 aromatic carbocycles. The van der Waals surface area contributed by atoms with E-state index in [0.717, 1.165) is 5.56 Å². The number of H-pyrrole nitrogens is 1.